The van der Waals surface area contributed by atoms with Gasteiger partial charge in [0.1, 0.15) is 11.4 Å². The molecule has 3 N–H and O–H groups in total. The molecule has 2 rings (SSSR count). The summed E-state index contributed by atoms with van der Waals surface area (Å²) in [4.78, 5) is 16.0. The van der Waals surface area contributed by atoms with Crippen LogP contribution < -0.4 is 11.1 Å². The summed E-state index contributed by atoms with van der Waals surface area (Å²) < 4.78 is 5.75. The Morgan fingerprint density at radius 3 is 2.86 bits per heavy atom. The van der Waals surface area contributed by atoms with Crippen LogP contribution in [0.25, 0.3) is 0 Å². The minimum atomic E-state index is -0.473. The van der Waals surface area contributed by atoms with Crippen LogP contribution >= 0.6 is 15.9 Å². The lowest BCUT2D eigenvalue weighted by Crippen LogP contribution is -2.13. The molecule has 5 nitrogen and oxygen atoms in total. The molecule has 0 fully saturated rings. The van der Waals surface area contributed by atoms with Gasteiger partial charge in [0.15, 0.2) is 0 Å². The third kappa shape index (κ3) is 3.72. The first kappa shape index (κ1) is 15.3. The maximum atomic E-state index is 11.8. The molecule has 1 atom stereocenters. The predicted molar refractivity (Wildman–Crippen MR) is 86.2 cm³/mol. The van der Waals surface area contributed by atoms with Gasteiger partial charge >= 0.3 is 5.97 Å². The van der Waals surface area contributed by atoms with Crippen molar-refractivity contribution in [2.45, 2.75) is 13.0 Å². The van der Waals surface area contributed by atoms with Crippen LogP contribution in [0.3, 0.4) is 0 Å². The molecule has 1 aromatic heterocycles. The van der Waals surface area contributed by atoms with Crippen molar-refractivity contribution in [1.82, 2.24) is 4.98 Å². The molecule has 0 bridgehead atoms. The van der Waals surface area contributed by atoms with E-state index in [1.165, 1.54) is 13.3 Å². The van der Waals surface area contributed by atoms with Gasteiger partial charge < -0.3 is 15.8 Å². The lowest BCUT2D eigenvalue weighted by atomic mass is 10.1. The van der Waals surface area contributed by atoms with Gasteiger partial charge in [-0.2, -0.15) is 0 Å². The zero-order valence-electron chi connectivity index (χ0n) is 11.8. The van der Waals surface area contributed by atoms with Crippen molar-refractivity contribution in [3.8, 4) is 0 Å². The Balaban J connectivity index is 2.28. The minimum Gasteiger partial charge on any atom is -0.465 e. The Morgan fingerprint density at radius 2 is 2.19 bits per heavy atom. The van der Waals surface area contributed by atoms with Crippen LogP contribution in [0.1, 0.15) is 28.9 Å². The van der Waals surface area contributed by atoms with E-state index in [1.54, 1.807) is 6.07 Å². The summed E-state index contributed by atoms with van der Waals surface area (Å²) in [6.45, 7) is 1.99. The van der Waals surface area contributed by atoms with Crippen molar-refractivity contribution in [1.29, 1.82) is 0 Å². The number of carbonyl (C=O) groups is 1. The van der Waals surface area contributed by atoms with Crippen LogP contribution in [-0.2, 0) is 4.74 Å². The number of aromatic nitrogens is 1. The van der Waals surface area contributed by atoms with Crippen molar-refractivity contribution in [3.05, 3.63) is 52.1 Å². The minimum absolute atomic E-state index is 0.0259. The summed E-state index contributed by atoms with van der Waals surface area (Å²) in [7, 11) is 1.33. The molecule has 0 amide bonds. The van der Waals surface area contributed by atoms with E-state index in [2.05, 4.69) is 26.2 Å². The number of nitrogen functional groups attached to an aromatic ring is 1. The number of nitrogens with two attached hydrogens (primary N) is 1. The van der Waals surface area contributed by atoms with E-state index in [0.29, 0.717) is 17.1 Å². The second-order valence-corrected chi connectivity index (χ2v) is 5.49. The van der Waals surface area contributed by atoms with Gasteiger partial charge in [-0.05, 0) is 30.7 Å². The fourth-order valence-electron chi connectivity index (χ4n) is 1.93. The first-order valence-corrected chi connectivity index (χ1v) is 7.16. The molecule has 2 aromatic rings. The average Bonchev–Trinajstić information content (AvgIpc) is 2.48. The molecule has 0 spiro atoms. The number of rotatable bonds is 4. The number of hydrogen-bond donors (Lipinski definition) is 2. The van der Waals surface area contributed by atoms with Crippen molar-refractivity contribution in [2.24, 2.45) is 0 Å². The molecule has 0 saturated heterocycles. The predicted octanol–water partition coefficient (Wildman–Crippen LogP) is 3.39. The summed E-state index contributed by atoms with van der Waals surface area (Å²) in [6.07, 6.45) is 1.50. The number of nitrogens with zero attached hydrogens (tertiary/aromatic N) is 1. The summed E-state index contributed by atoms with van der Waals surface area (Å²) in [5.74, 6) is -0.0257. The van der Waals surface area contributed by atoms with Crippen LogP contribution in [0, 0.1) is 0 Å². The van der Waals surface area contributed by atoms with Crippen LogP contribution in [0.15, 0.2) is 41.0 Å². The van der Waals surface area contributed by atoms with E-state index in [1.807, 2.05) is 31.2 Å². The second-order valence-electron chi connectivity index (χ2n) is 4.58. The number of anilines is 2. The Bertz CT molecular complexity index is 661. The quantitative estimate of drug-likeness (QED) is 0.827. The summed E-state index contributed by atoms with van der Waals surface area (Å²) in [6, 6.07) is 9.44. The standard InChI is InChI=1S/C15H16BrN3O2/c1-9(10-4-3-5-11(16)6-10)19-14-13(15(20)21-2)7-12(17)8-18-14/h3-9H,17H2,1-2H3,(H,18,19). The molecule has 21 heavy (non-hydrogen) atoms. The molecule has 0 aliphatic carbocycles. The number of benzene rings is 1. The number of esters is 1. The molecule has 1 heterocycles. The zero-order chi connectivity index (χ0) is 15.4. The van der Waals surface area contributed by atoms with Gasteiger partial charge in [-0.3, -0.25) is 0 Å². The molecule has 1 aromatic carbocycles. The van der Waals surface area contributed by atoms with Crippen LogP contribution in [0.4, 0.5) is 11.5 Å². The number of hydrogen-bond acceptors (Lipinski definition) is 5. The van der Waals surface area contributed by atoms with E-state index in [-0.39, 0.29) is 6.04 Å². The Kier molecular flexibility index (Phi) is 4.80. The SMILES string of the molecule is COC(=O)c1cc(N)cnc1NC(C)c1cccc(Br)c1. The van der Waals surface area contributed by atoms with Gasteiger partial charge in [-0.1, -0.05) is 28.1 Å². The molecule has 0 aliphatic heterocycles. The number of halogens is 1. The van der Waals surface area contributed by atoms with Crippen LogP contribution in [0.5, 0.6) is 0 Å². The van der Waals surface area contributed by atoms with Crippen LogP contribution in [0.2, 0.25) is 0 Å². The molecule has 110 valence electrons. The van der Waals surface area contributed by atoms with E-state index in [4.69, 9.17) is 10.5 Å². The summed E-state index contributed by atoms with van der Waals surface area (Å²) in [5.41, 5.74) is 7.48. The third-order valence-electron chi connectivity index (χ3n) is 3.02. The van der Waals surface area contributed by atoms with Gasteiger partial charge in [-0.25, -0.2) is 9.78 Å². The van der Waals surface area contributed by atoms with E-state index < -0.39 is 5.97 Å². The van der Waals surface area contributed by atoms with Crippen molar-refractivity contribution >= 4 is 33.4 Å². The Labute approximate surface area is 131 Å². The highest BCUT2D eigenvalue weighted by Gasteiger charge is 2.16. The van der Waals surface area contributed by atoms with Gasteiger partial charge in [0.2, 0.25) is 0 Å². The number of methoxy groups -OCH3 is 1. The highest BCUT2D eigenvalue weighted by molar-refractivity contribution is 9.10. The third-order valence-corrected chi connectivity index (χ3v) is 3.51. The largest absolute Gasteiger partial charge is 0.465 e. The van der Waals surface area contributed by atoms with Gasteiger partial charge in [0.25, 0.3) is 0 Å². The molecule has 1 unspecified atom stereocenters. The maximum absolute atomic E-state index is 11.8. The smallest absolute Gasteiger partial charge is 0.341 e. The van der Waals surface area contributed by atoms with Crippen molar-refractivity contribution < 1.29 is 9.53 Å². The number of pyridine rings is 1. The van der Waals surface area contributed by atoms with E-state index in [9.17, 15) is 4.79 Å². The second kappa shape index (κ2) is 6.58. The molecular weight excluding hydrogens is 334 g/mol. The normalized spacial score (nSPS) is 11.8. The fourth-order valence-corrected chi connectivity index (χ4v) is 2.34. The molecule has 0 aliphatic rings. The average molecular weight is 350 g/mol. The van der Waals surface area contributed by atoms with E-state index >= 15 is 0 Å². The molecular formula is C15H16BrN3O2. The fraction of sp³-hybridized carbons (Fsp3) is 0.200. The number of carbonyl (C=O) groups excluding carboxylic acids is 1. The number of ether oxygens (including phenoxy) is 1. The highest BCUT2D eigenvalue weighted by Crippen LogP contribution is 2.24. The summed E-state index contributed by atoms with van der Waals surface area (Å²) >= 11 is 3.44. The number of nitrogens with one attached hydrogen (secondary N) is 1. The van der Waals surface area contributed by atoms with Gasteiger partial charge in [0, 0.05) is 4.47 Å². The first-order chi connectivity index (χ1) is 10.0. The van der Waals surface area contributed by atoms with Gasteiger partial charge in [0.05, 0.1) is 25.0 Å². The molecule has 0 saturated carbocycles. The molecule has 0 radical (unpaired) electrons. The first-order valence-electron chi connectivity index (χ1n) is 6.37. The zero-order valence-corrected chi connectivity index (χ0v) is 13.3. The van der Waals surface area contributed by atoms with Crippen molar-refractivity contribution in [2.75, 3.05) is 18.2 Å². The monoisotopic (exact) mass is 349 g/mol. The highest BCUT2D eigenvalue weighted by atomic mass is 79.9. The Morgan fingerprint density at radius 1 is 1.43 bits per heavy atom. The van der Waals surface area contributed by atoms with Crippen molar-refractivity contribution in [3.63, 3.8) is 0 Å². The maximum Gasteiger partial charge on any atom is 0.341 e. The van der Waals surface area contributed by atoms with Gasteiger partial charge in [-0.15, -0.1) is 0 Å². The lowest BCUT2D eigenvalue weighted by Gasteiger charge is -2.17. The molecule has 6 heteroatoms. The van der Waals surface area contributed by atoms with Crippen LogP contribution in [-0.4, -0.2) is 18.1 Å². The van der Waals surface area contributed by atoms with E-state index in [0.717, 1.165) is 10.0 Å². The lowest BCUT2D eigenvalue weighted by molar-refractivity contribution is 0.0601. The topological polar surface area (TPSA) is 77.2 Å². The Hall–Kier alpha value is -2.08. The summed E-state index contributed by atoms with van der Waals surface area (Å²) in [5, 5.41) is 3.21.